The van der Waals surface area contributed by atoms with Crippen LogP contribution in [0.5, 0.6) is 0 Å². The van der Waals surface area contributed by atoms with Crippen molar-refractivity contribution in [1.29, 1.82) is 0 Å². The number of hydrogen-bond acceptors (Lipinski definition) is 5. The smallest absolute Gasteiger partial charge is 0.254 e. The molecule has 1 unspecified atom stereocenters. The standard InChI is InChI=1S/C15H22N4O2/c1-11-4-6-19(7-5-11)14-9-13(16-10-17-14)18-15(20)12-3-2-8-21-12/h9-12H,2-8H2,1H3,(H,16,17,18,20). The third kappa shape index (κ3) is 3.50. The molecule has 3 heterocycles. The van der Waals surface area contributed by atoms with Crippen LogP contribution in [0.25, 0.3) is 0 Å². The zero-order valence-electron chi connectivity index (χ0n) is 12.4. The Morgan fingerprint density at radius 1 is 1.33 bits per heavy atom. The van der Waals surface area contributed by atoms with Crippen molar-refractivity contribution in [2.24, 2.45) is 5.92 Å². The molecule has 0 aliphatic carbocycles. The van der Waals surface area contributed by atoms with E-state index in [1.807, 2.05) is 6.07 Å². The predicted molar refractivity (Wildman–Crippen MR) is 80.2 cm³/mol. The molecule has 2 saturated heterocycles. The second kappa shape index (κ2) is 6.39. The Bertz CT molecular complexity index is 494. The van der Waals surface area contributed by atoms with E-state index in [9.17, 15) is 4.79 Å². The number of amides is 1. The monoisotopic (exact) mass is 290 g/mol. The van der Waals surface area contributed by atoms with Gasteiger partial charge in [0, 0.05) is 25.8 Å². The molecule has 0 bridgehead atoms. The van der Waals surface area contributed by atoms with Crippen molar-refractivity contribution in [3.8, 4) is 0 Å². The number of piperidine rings is 1. The summed E-state index contributed by atoms with van der Waals surface area (Å²) in [5.74, 6) is 2.12. The molecule has 0 saturated carbocycles. The van der Waals surface area contributed by atoms with Gasteiger partial charge in [0.2, 0.25) is 0 Å². The largest absolute Gasteiger partial charge is 0.368 e. The minimum Gasteiger partial charge on any atom is -0.368 e. The highest BCUT2D eigenvalue weighted by atomic mass is 16.5. The highest BCUT2D eigenvalue weighted by Crippen LogP contribution is 2.22. The maximum absolute atomic E-state index is 12.0. The Kier molecular flexibility index (Phi) is 4.34. The number of anilines is 2. The van der Waals surface area contributed by atoms with Gasteiger partial charge in [-0.05, 0) is 31.6 Å². The first kappa shape index (κ1) is 14.3. The van der Waals surface area contributed by atoms with Crippen LogP contribution in [0.1, 0.15) is 32.6 Å². The quantitative estimate of drug-likeness (QED) is 0.920. The van der Waals surface area contributed by atoms with Crippen LogP contribution in [0.2, 0.25) is 0 Å². The fourth-order valence-corrected chi connectivity index (χ4v) is 2.82. The van der Waals surface area contributed by atoms with Crippen molar-refractivity contribution in [2.75, 3.05) is 29.9 Å². The Morgan fingerprint density at radius 3 is 2.86 bits per heavy atom. The van der Waals surface area contributed by atoms with Crippen molar-refractivity contribution in [3.05, 3.63) is 12.4 Å². The average molecular weight is 290 g/mol. The molecule has 6 nitrogen and oxygen atoms in total. The van der Waals surface area contributed by atoms with E-state index in [-0.39, 0.29) is 12.0 Å². The summed E-state index contributed by atoms with van der Waals surface area (Å²) in [7, 11) is 0. The summed E-state index contributed by atoms with van der Waals surface area (Å²) in [6.07, 6.45) is 5.27. The van der Waals surface area contributed by atoms with Crippen LogP contribution in [0.15, 0.2) is 12.4 Å². The summed E-state index contributed by atoms with van der Waals surface area (Å²) in [5.41, 5.74) is 0. The normalized spacial score (nSPS) is 23.3. The molecule has 3 rings (SSSR count). The molecule has 6 heteroatoms. The Balaban J connectivity index is 1.64. The summed E-state index contributed by atoms with van der Waals surface area (Å²) >= 11 is 0. The van der Waals surface area contributed by atoms with Crippen molar-refractivity contribution in [2.45, 2.75) is 38.7 Å². The van der Waals surface area contributed by atoms with Gasteiger partial charge < -0.3 is 15.0 Å². The molecule has 1 atom stereocenters. The van der Waals surface area contributed by atoms with E-state index in [2.05, 4.69) is 27.1 Å². The third-order valence-corrected chi connectivity index (χ3v) is 4.23. The molecule has 2 aliphatic heterocycles. The number of hydrogen-bond donors (Lipinski definition) is 1. The lowest BCUT2D eigenvalue weighted by Gasteiger charge is -2.31. The van der Waals surface area contributed by atoms with Gasteiger partial charge in [0.05, 0.1) is 0 Å². The number of carbonyl (C=O) groups excluding carboxylic acids is 1. The lowest BCUT2D eigenvalue weighted by atomic mass is 9.99. The summed E-state index contributed by atoms with van der Waals surface area (Å²) in [4.78, 5) is 22.7. The maximum atomic E-state index is 12.0. The van der Waals surface area contributed by atoms with E-state index in [1.54, 1.807) is 0 Å². The first-order chi connectivity index (χ1) is 10.2. The molecular formula is C15H22N4O2. The number of carbonyl (C=O) groups is 1. The summed E-state index contributed by atoms with van der Waals surface area (Å²) in [5, 5.41) is 2.83. The molecular weight excluding hydrogens is 268 g/mol. The Labute approximate surface area is 124 Å². The number of nitrogens with zero attached hydrogens (tertiary/aromatic N) is 3. The topological polar surface area (TPSA) is 67.4 Å². The van der Waals surface area contributed by atoms with E-state index in [0.717, 1.165) is 37.7 Å². The molecule has 1 aromatic rings. The van der Waals surface area contributed by atoms with Crippen LogP contribution >= 0.6 is 0 Å². The van der Waals surface area contributed by atoms with Crippen LogP contribution in [0.3, 0.4) is 0 Å². The minimum absolute atomic E-state index is 0.107. The van der Waals surface area contributed by atoms with Crippen LogP contribution in [-0.4, -0.2) is 41.7 Å². The van der Waals surface area contributed by atoms with Gasteiger partial charge in [-0.25, -0.2) is 9.97 Å². The SMILES string of the molecule is CC1CCN(c2cc(NC(=O)C3CCCO3)ncn2)CC1. The first-order valence-corrected chi connectivity index (χ1v) is 7.72. The molecule has 1 N–H and O–H groups in total. The fourth-order valence-electron chi connectivity index (χ4n) is 2.82. The van der Waals surface area contributed by atoms with Gasteiger partial charge in [0.15, 0.2) is 0 Å². The molecule has 1 aromatic heterocycles. The Morgan fingerprint density at radius 2 is 2.14 bits per heavy atom. The Hall–Kier alpha value is -1.69. The van der Waals surface area contributed by atoms with Crippen LogP contribution in [0.4, 0.5) is 11.6 Å². The summed E-state index contributed by atoms with van der Waals surface area (Å²) in [6, 6.07) is 1.85. The van der Waals surface area contributed by atoms with Crippen molar-refractivity contribution in [1.82, 2.24) is 9.97 Å². The molecule has 21 heavy (non-hydrogen) atoms. The summed E-state index contributed by atoms with van der Waals surface area (Å²) < 4.78 is 5.38. The van der Waals surface area contributed by atoms with E-state index in [1.165, 1.54) is 19.2 Å². The zero-order valence-corrected chi connectivity index (χ0v) is 12.4. The molecule has 114 valence electrons. The second-order valence-corrected chi connectivity index (χ2v) is 5.92. The second-order valence-electron chi connectivity index (χ2n) is 5.92. The van der Waals surface area contributed by atoms with Gasteiger partial charge in [-0.2, -0.15) is 0 Å². The zero-order chi connectivity index (χ0) is 14.7. The molecule has 2 aliphatic rings. The van der Waals surface area contributed by atoms with Crippen molar-refractivity contribution in [3.63, 3.8) is 0 Å². The third-order valence-electron chi connectivity index (χ3n) is 4.23. The van der Waals surface area contributed by atoms with Gasteiger partial charge in [-0.3, -0.25) is 4.79 Å². The lowest BCUT2D eigenvalue weighted by Crippen LogP contribution is -2.33. The maximum Gasteiger partial charge on any atom is 0.254 e. The predicted octanol–water partition coefficient (Wildman–Crippen LogP) is 1.83. The average Bonchev–Trinajstić information content (AvgIpc) is 3.02. The molecule has 0 aromatic carbocycles. The molecule has 0 radical (unpaired) electrons. The number of rotatable bonds is 3. The van der Waals surface area contributed by atoms with E-state index < -0.39 is 0 Å². The number of nitrogens with one attached hydrogen (secondary N) is 1. The lowest BCUT2D eigenvalue weighted by molar-refractivity contribution is -0.124. The van der Waals surface area contributed by atoms with Crippen molar-refractivity contribution >= 4 is 17.5 Å². The molecule has 0 spiro atoms. The molecule has 1 amide bonds. The van der Waals surface area contributed by atoms with Crippen LogP contribution in [-0.2, 0) is 9.53 Å². The van der Waals surface area contributed by atoms with Crippen LogP contribution in [0, 0.1) is 5.92 Å². The van der Waals surface area contributed by atoms with E-state index >= 15 is 0 Å². The van der Waals surface area contributed by atoms with Gasteiger partial charge >= 0.3 is 0 Å². The highest BCUT2D eigenvalue weighted by Gasteiger charge is 2.24. The summed E-state index contributed by atoms with van der Waals surface area (Å²) in [6.45, 7) is 4.97. The van der Waals surface area contributed by atoms with Crippen LogP contribution < -0.4 is 10.2 Å². The molecule has 2 fully saturated rings. The van der Waals surface area contributed by atoms with E-state index in [0.29, 0.717) is 12.4 Å². The van der Waals surface area contributed by atoms with E-state index in [4.69, 9.17) is 4.74 Å². The number of aromatic nitrogens is 2. The fraction of sp³-hybridized carbons (Fsp3) is 0.667. The van der Waals surface area contributed by atoms with Gasteiger partial charge in [0.25, 0.3) is 5.91 Å². The van der Waals surface area contributed by atoms with Gasteiger partial charge in [0.1, 0.15) is 24.1 Å². The highest BCUT2D eigenvalue weighted by molar-refractivity contribution is 5.93. The van der Waals surface area contributed by atoms with Gasteiger partial charge in [-0.15, -0.1) is 0 Å². The van der Waals surface area contributed by atoms with Gasteiger partial charge in [-0.1, -0.05) is 6.92 Å². The number of ether oxygens (including phenoxy) is 1. The van der Waals surface area contributed by atoms with Crippen molar-refractivity contribution < 1.29 is 9.53 Å². The first-order valence-electron chi connectivity index (χ1n) is 7.72. The minimum atomic E-state index is -0.334.